The standard InChI is InChI=1S/C16H19F3N2O3S/c17-16(18,19)25-13-6-2-1-5-12(13)21-14(22)20-9-11-10-23-15(24-11)7-3-4-8-15/h1-2,5-6,11H,3-4,7-10H2,(H2,20,21,22)/t11-/m0/s1. The molecule has 1 heterocycles. The number of hydrogen-bond acceptors (Lipinski definition) is 4. The number of ether oxygens (including phenoxy) is 2. The quantitative estimate of drug-likeness (QED) is 0.777. The van der Waals surface area contributed by atoms with E-state index in [-0.39, 0.29) is 35.0 Å². The predicted octanol–water partition coefficient (Wildman–Crippen LogP) is 4.11. The molecule has 1 saturated carbocycles. The highest BCUT2D eigenvalue weighted by atomic mass is 32.2. The fourth-order valence-corrected chi connectivity index (χ4v) is 3.67. The summed E-state index contributed by atoms with van der Waals surface area (Å²) in [6, 6.07) is 5.21. The lowest BCUT2D eigenvalue weighted by atomic mass is 10.2. The van der Waals surface area contributed by atoms with Gasteiger partial charge >= 0.3 is 11.5 Å². The Kier molecular flexibility index (Phi) is 5.45. The Hall–Kier alpha value is -1.45. The largest absolute Gasteiger partial charge is 0.446 e. The van der Waals surface area contributed by atoms with Crippen LogP contribution in [0.1, 0.15) is 25.7 Å². The number of amides is 2. The summed E-state index contributed by atoms with van der Waals surface area (Å²) in [6.07, 6.45) is 3.60. The Morgan fingerprint density at radius 3 is 2.72 bits per heavy atom. The van der Waals surface area contributed by atoms with Crippen LogP contribution < -0.4 is 10.6 Å². The van der Waals surface area contributed by atoms with Crippen LogP contribution in [-0.2, 0) is 9.47 Å². The number of rotatable bonds is 4. The first-order chi connectivity index (χ1) is 11.9. The molecule has 2 fully saturated rings. The van der Waals surface area contributed by atoms with E-state index in [0.717, 1.165) is 25.7 Å². The molecule has 0 unspecified atom stereocenters. The molecule has 0 radical (unpaired) electrons. The number of para-hydroxylation sites is 1. The van der Waals surface area contributed by atoms with E-state index in [0.29, 0.717) is 6.61 Å². The summed E-state index contributed by atoms with van der Waals surface area (Å²) in [6.45, 7) is 0.642. The van der Waals surface area contributed by atoms with E-state index in [1.165, 1.54) is 18.2 Å². The number of thioether (sulfide) groups is 1. The van der Waals surface area contributed by atoms with Crippen molar-refractivity contribution in [1.29, 1.82) is 0 Å². The van der Waals surface area contributed by atoms with Gasteiger partial charge in [0.25, 0.3) is 0 Å². The lowest BCUT2D eigenvalue weighted by molar-refractivity contribution is -0.160. The number of halogens is 3. The van der Waals surface area contributed by atoms with Crippen molar-refractivity contribution in [2.75, 3.05) is 18.5 Å². The minimum atomic E-state index is -4.42. The molecule has 3 rings (SSSR count). The zero-order valence-electron chi connectivity index (χ0n) is 13.4. The first kappa shape index (κ1) is 18.3. The third kappa shape index (κ3) is 5.02. The van der Waals surface area contributed by atoms with E-state index < -0.39 is 17.3 Å². The lowest BCUT2D eigenvalue weighted by Crippen LogP contribution is -2.37. The van der Waals surface area contributed by atoms with Crippen molar-refractivity contribution in [3.05, 3.63) is 24.3 Å². The minimum Gasteiger partial charge on any atom is -0.347 e. The monoisotopic (exact) mass is 376 g/mol. The third-order valence-electron chi connectivity index (χ3n) is 4.13. The number of urea groups is 1. The van der Waals surface area contributed by atoms with E-state index in [2.05, 4.69) is 10.6 Å². The van der Waals surface area contributed by atoms with E-state index in [1.807, 2.05) is 0 Å². The van der Waals surface area contributed by atoms with Crippen molar-refractivity contribution >= 4 is 23.5 Å². The molecule has 2 aliphatic rings. The number of benzene rings is 1. The van der Waals surface area contributed by atoms with Crippen LogP contribution in [0.15, 0.2) is 29.2 Å². The van der Waals surface area contributed by atoms with Crippen molar-refractivity contribution in [2.45, 2.75) is 48.0 Å². The number of anilines is 1. The van der Waals surface area contributed by atoms with Gasteiger partial charge in [-0.25, -0.2) is 4.79 Å². The SMILES string of the molecule is O=C(NC[C@H]1COC2(CCCC2)O1)Nc1ccccc1SC(F)(F)F. The molecule has 1 aromatic rings. The smallest absolute Gasteiger partial charge is 0.347 e. The van der Waals surface area contributed by atoms with Gasteiger partial charge in [0, 0.05) is 24.3 Å². The van der Waals surface area contributed by atoms with Gasteiger partial charge in [-0.15, -0.1) is 0 Å². The van der Waals surface area contributed by atoms with Crippen molar-refractivity contribution in [2.24, 2.45) is 0 Å². The first-order valence-corrected chi connectivity index (χ1v) is 8.88. The molecule has 1 aliphatic carbocycles. The Morgan fingerprint density at radius 1 is 1.28 bits per heavy atom. The highest BCUT2D eigenvalue weighted by Gasteiger charge is 2.43. The first-order valence-electron chi connectivity index (χ1n) is 8.07. The second kappa shape index (κ2) is 7.43. The van der Waals surface area contributed by atoms with Gasteiger partial charge in [-0.3, -0.25) is 0 Å². The average molecular weight is 376 g/mol. The van der Waals surface area contributed by atoms with Crippen molar-refractivity contribution in [3.63, 3.8) is 0 Å². The maximum atomic E-state index is 12.6. The maximum Gasteiger partial charge on any atom is 0.446 e. The zero-order chi connectivity index (χ0) is 17.9. The summed E-state index contributed by atoms with van der Waals surface area (Å²) >= 11 is -0.262. The summed E-state index contributed by atoms with van der Waals surface area (Å²) < 4.78 is 49.3. The molecule has 2 N–H and O–H groups in total. The van der Waals surface area contributed by atoms with Crippen LogP contribution in [0.5, 0.6) is 0 Å². The van der Waals surface area contributed by atoms with Crippen molar-refractivity contribution < 1.29 is 27.4 Å². The van der Waals surface area contributed by atoms with Crippen molar-refractivity contribution in [3.8, 4) is 0 Å². The van der Waals surface area contributed by atoms with E-state index in [1.54, 1.807) is 6.07 Å². The van der Waals surface area contributed by atoms with Gasteiger partial charge in [0.1, 0.15) is 6.10 Å². The Bertz CT molecular complexity index is 621. The maximum absolute atomic E-state index is 12.6. The molecule has 138 valence electrons. The molecule has 1 saturated heterocycles. The number of carbonyl (C=O) groups excluding carboxylic acids is 1. The van der Waals surface area contributed by atoms with Crippen LogP contribution >= 0.6 is 11.8 Å². The molecule has 0 bridgehead atoms. The fourth-order valence-electron chi connectivity index (χ4n) is 3.05. The fraction of sp³-hybridized carbons (Fsp3) is 0.562. The zero-order valence-corrected chi connectivity index (χ0v) is 14.2. The Morgan fingerprint density at radius 2 is 2.00 bits per heavy atom. The van der Waals surface area contributed by atoms with Crippen LogP contribution in [0, 0.1) is 0 Å². The predicted molar refractivity (Wildman–Crippen MR) is 87.4 cm³/mol. The van der Waals surface area contributed by atoms with Crippen molar-refractivity contribution in [1.82, 2.24) is 5.32 Å². The molecular weight excluding hydrogens is 357 g/mol. The van der Waals surface area contributed by atoms with Gasteiger partial charge in [-0.05, 0) is 36.7 Å². The highest BCUT2D eigenvalue weighted by Crippen LogP contribution is 2.40. The van der Waals surface area contributed by atoms with Gasteiger partial charge in [-0.2, -0.15) is 13.2 Å². The molecule has 1 spiro atoms. The van der Waals surface area contributed by atoms with Crippen LogP contribution in [0.3, 0.4) is 0 Å². The summed E-state index contributed by atoms with van der Waals surface area (Å²) in [5.41, 5.74) is -4.31. The lowest BCUT2D eigenvalue weighted by Gasteiger charge is -2.22. The number of nitrogens with one attached hydrogen (secondary N) is 2. The van der Waals surface area contributed by atoms with E-state index in [4.69, 9.17) is 9.47 Å². The van der Waals surface area contributed by atoms with Crippen LogP contribution in [0.2, 0.25) is 0 Å². The normalized spacial score (nSPS) is 22.3. The summed E-state index contributed by atoms with van der Waals surface area (Å²) in [5, 5.41) is 5.07. The summed E-state index contributed by atoms with van der Waals surface area (Å²) in [5.74, 6) is -0.501. The minimum absolute atomic E-state index is 0.0597. The van der Waals surface area contributed by atoms with E-state index in [9.17, 15) is 18.0 Å². The molecule has 1 aliphatic heterocycles. The van der Waals surface area contributed by atoms with Gasteiger partial charge in [0.2, 0.25) is 0 Å². The molecule has 25 heavy (non-hydrogen) atoms. The van der Waals surface area contributed by atoms with Gasteiger partial charge in [0.15, 0.2) is 5.79 Å². The van der Waals surface area contributed by atoms with Crippen LogP contribution in [-0.4, -0.2) is 36.6 Å². The number of alkyl halides is 3. The molecule has 2 amide bonds. The third-order valence-corrected chi connectivity index (χ3v) is 4.94. The molecule has 0 aromatic heterocycles. The molecular formula is C16H19F3N2O3S. The summed E-state index contributed by atoms with van der Waals surface area (Å²) in [7, 11) is 0. The van der Waals surface area contributed by atoms with Crippen LogP contribution in [0.4, 0.5) is 23.7 Å². The highest BCUT2D eigenvalue weighted by molar-refractivity contribution is 8.00. The molecule has 5 nitrogen and oxygen atoms in total. The van der Waals surface area contributed by atoms with E-state index >= 15 is 0 Å². The molecule has 9 heteroatoms. The number of carbonyl (C=O) groups is 1. The Balaban J connectivity index is 1.50. The van der Waals surface area contributed by atoms with Gasteiger partial charge in [0.05, 0.1) is 12.3 Å². The van der Waals surface area contributed by atoms with Gasteiger partial charge in [-0.1, -0.05) is 12.1 Å². The topological polar surface area (TPSA) is 59.6 Å². The number of hydrogen-bond donors (Lipinski definition) is 2. The van der Waals surface area contributed by atoms with Crippen LogP contribution in [0.25, 0.3) is 0 Å². The average Bonchev–Trinajstić information content (AvgIpc) is 3.16. The van der Waals surface area contributed by atoms with Gasteiger partial charge < -0.3 is 20.1 Å². The second-order valence-corrected chi connectivity index (χ2v) is 7.15. The molecule has 1 aromatic carbocycles. The Labute approximate surface area is 147 Å². The molecule has 1 atom stereocenters. The summed E-state index contributed by atoms with van der Waals surface area (Å²) in [4.78, 5) is 11.9. The second-order valence-electron chi connectivity index (χ2n) is 6.05.